The van der Waals surface area contributed by atoms with Gasteiger partial charge in [0.1, 0.15) is 0 Å². The molecule has 1 heterocycles. The number of likely N-dealkylation sites (N-methyl/N-ethyl adjacent to an activating group) is 1. The SMILES string of the molecule is CN=C(NCCCOCC1CCOC1)NCC(c1ccc(OC)c(OC)c1)N(C)C. The fraction of sp³-hybridized carbons (Fsp3) is 0.682. The van der Waals surface area contributed by atoms with Crippen LogP contribution < -0.4 is 20.1 Å². The molecule has 0 aromatic heterocycles. The highest BCUT2D eigenvalue weighted by atomic mass is 16.5. The van der Waals surface area contributed by atoms with Gasteiger partial charge in [-0.25, -0.2) is 0 Å². The highest BCUT2D eigenvalue weighted by Gasteiger charge is 2.17. The smallest absolute Gasteiger partial charge is 0.191 e. The van der Waals surface area contributed by atoms with E-state index in [2.05, 4.69) is 40.7 Å². The molecule has 1 fully saturated rings. The van der Waals surface area contributed by atoms with Gasteiger partial charge in [-0.2, -0.15) is 0 Å². The van der Waals surface area contributed by atoms with E-state index in [0.717, 1.165) is 68.8 Å². The lowest BCUT2D eigenvalue weighted by Crippen LogP contribution is -2.42. The number of rotatable bonds is 12. The first-order valence-electron chi connectivity index (χ1n) is 10.6. The van der Waals surface area contributed by atoms with Crippen molar-refractivity contribution in [1.29, 1.82) is 0 Å². The number of nitrogens with zero attached hydrogens (tertiary/aromatic N) is 2. The molecule has 170 valence electrons. The van der Waals surface area contributed by atoms with Crippen molar-refractivity contribution in [2.45, 2.75) is 18.9 Å². The number of benzene rings is 1. The summed E-state index contributed by atoms with van der Waals surface area (Å²) in [6.07, 6.45) is 2.04. The van der Waals surface area contributed by atoms with Crippen LogP contribution in [0.3, 0.4) is 0 Å². The van der Waals surface area contributed by atoms with Gasteiger partial charge in [0.2, 0.25) is 0 Å². The number of ether oxygens (including phenoxy) is 4. The van der Waals surface area contributed by atoms with Gasteiger partial charge in [-0.15, -0.1) is 0 Å². The van der Waals surface area contributed by atoms with E-state index in [9.17, 15) is 0 Å². The number of hydrogen-bond donors (Lipinski definition) is 2. The van der Waals surface area contributed by atoms with Crippen molar-refractivity contribution in [3.63, 3.8) is 0 Å². The van der Waals surface area contributed by atoms with Gasteiger partial charge in [0.25, 0.3) is 0 Å². The Kier molecular flexibility index (Phi) is 10.8. The van der Waals surface area contributed by atoms with E-state index in [1.165, 1.54) is 0 Å². The minimum absolute atomic E-state index is 0.153. The lowest BCUT2D eigenvalue weighted by molar-refractivity contribution is 0.0888. The summed E-state index contributed by atoms with van der Waals surface area (Å²) >= 11 is 0. The molecule has 8 heteroatoms. The Morgan fingerprint density at radius 2 is 2.03 bits per heavy atom. The fourth-order valence-corrected chi connectivity index (χ4v) is 3.42. The molecule has 30 heavy (non-hydrogen) atoms. The van der Waals surface area contributed by atoms with Crippen LogP contribution in [0.1, 0.15) is 24.4 Å². The van der Waals surface area contributed by atoms with Gasteiger partial charge in [0.05, 0.1) is 33.5 Å². The summed E-state index contributed by atoms with van der Waals surface area (Å²) in [4.78, 5) is 6.50. The first kappa shape index (κ1) is 24.2. The molecule has 1 aliphatic rings. The molecule has 1 aromatic carbocycles. The Morgan fingerprint density at radius 3 is 2.67 bits per heavy atom. The second kappa shape index (κ2) is 13.3. The third kappa shape index (κ3) is 7.66. The Bertz CT molecular complexity index is 648. The number of hydrogen-bond acceptors (Lipinski definition) is 6. The molecule has 0 saturated carbocycles. The molecule has 1 saturated heterocycles. The second-order valence-corrected chi connectivity index (χ2v) is 7.63. The van der Waals surface area contributed by atoms with Crippen LogP contribution in [-0.2, 0) is 9.47 Å². The standard InChI is InChI=1S/C22H38N4O4/c1-23-22(24-10-6-11-29-15-17-9-12-30-16-17)25-14-19(26(2)3)18-7-8-20(27-4)21(13-18)28-5/h7-8,13,17,19H,6,9-12,14-16H2,1-5H3,(H2,23,24,25). The third-order valence-electron chi connectivity index (χ3n) is 5.24. The van der Waals surface area contributed by atoms with Gasteiger partial charge in [0.15, 0.2) is 17.5 Å². The molecule has 2 atom stereocenters. The van der Waals surface area contributed by atoms with Crippen molar-refractivity contribution in [3.8, 4) is 11.5 Å². The summed E-state index contributed by atoms with van der Waals surface area (Å²) in [7, 11) is 9.21. The van der Waals surface area contributed by atoms with Gasteiger partial charge in [-0.05, 0) is 44.6 Å². The molecule has 8 nitrogen and oxygen atoms in total. The zero-order valence-corrected chi connectivity index (χ0v) is 19.1. The summed E-state index contributed by atoms with van der Waals surface area (Å²) in [6, 6.07) is 6.18. The molecule has 2 unspecified atom stereocenters. The Balaban J connectivity index is 1.76. The van der Waals surface area contributed by atoms with E-state index in [0.29, 0.717) is 12.5 Å². The second-order valence-electron chi connectivity index (χ2n) is 7.63. The van der Waals surface area contributed by atoms with Crippen LogP contribution in [0, 0.1) is 5.92 Å². The largest absolute Gasteiger partial charge is 0.493 e. The zero-order chi connectivity index (χ0) is 21.8. The van der Waals surface area contributed by atoms with Crippen LogP contribution in [0.25, 0.3) is 0 Å². The van der Waals surface area contributed by atoms with Crippen LogP contribution in [0.4, 0.5) is 0 Å². The Labute approximate surface area is 180 Å². The van der Waals surface area contributed by atoms with Crippen LogP contribution >= 0.6 is 0 Å². The van der Waals surface area contributed by atoms with Crippen molar-refractivity contribution in [3.05, 3.63) is 23.8 Å². The lowest BCUT2D eigenvalue weighted by atomic mass is 10.1. The topological polar surface area (TPSA) is 76.6 Å². The fourth-order valence-electron chi connectivity index (χ4n) is 3.42. The molecular formula is C22H38N4O4. The molecular weight excluding hydrogens is 384 g/mol. The van der Waals surface area contributed by atoms with Gasteiger partial charge >= 0.3 is 0 Å². The Morgan fingerprint density at radius 1 is 1.23 bits per heavy atom. The van der Waals surface area contributed by atoms with Crippen LogP contribution in [0.5, 0.6) is 11.5 Å². The molecule has 2 N–H and O–H groups in total. The lowest BCUT2D eigenvalue weighted by Gasteiger charge is -2.26. The van der Waals surface area contributed by atoms with Gasteiger partial charge < -0.3 is 34.5 Å². The normalized spacial score (nSPS) is 17.8. The molecule has 0 spiro atoms. The zero-order valence-electron chi connectivity index (χ0n) is 19.1. The molecule has 0 bridgehead atoms. The van der Waals surface area contributed by atoms with E-state index in [1.54, 1.807) is 21.3 Å². The summed E-state index contributed by atoms with van der Waals surface area (Å²) in [5.41, 5.74) is 1.14. The quantitative estimate of drug-likeness (QED) is 0.303. The van der Waals surface area contributed by atoms with Crippen molar-refractivity contribution in [2.24, 2.45) is 10.9 Å². The van der Waals surface area contributed by atoms with E-state index in [-0.39, 0.29) is 6.04 Å². The summed E-state index contributed by atoms with van der Waals surface area (Å²) in [5, 5.41) is 6.77. The molecule has 2 rings (SSSR count). The minimum atomic E-state index is 0.153. The highest BCUT2D eigenvalue weighted by Crippen LogP contribution is 2.31. The third-order valence-corrected chi connectivity index (χ3v) is 5.24. The summed E-state index contributed by atoms with van der Waals surface area (Å²) < 4.78 is 21.9. The molecule has 0 aliphatic carbocycles. The van der Waals surface area contributed by atoms with Crippen molar-refractivity contribution in [2.75, 3.05) is 74.9 Å². The minimum Gasteiger partial charge on any atom is -0.493 e. The van der Waals surface area contributed by atoms with Crippen molar-refractivity contribution < 1.29 is 18.9 Å². The molecule has 0 amide bonds. The maximum Gasteiger partial charge on any atom is 0.191 e. The van der Waals surface area contributed by atoms with Crippen molar-refractivity contribution >= 4 is 5.96 Å². The number of guanidine groups is 1. The predicted molar refractivity (Wildman–Crippen MR) is 120 cm³/mol. The van der Waals surface area contributed by atoms with Crippen LogP contribution in [0.2, 0.25) is 0 Å². The highest BCUT2D eigenvalue weighted by molar-refractivity contribution is 5.79. The van der Waals surface area contributed by atoms with Gasteiger partial charge in [-0.3, -0.25) is 4.99 Å². The van der Waals surface area contributed by atoms with Crippen LogP contribution in [-0.4, -0.2) is 85.7 Å². The van der Waals surface area contributed by atoms with Gasteiger partial charge in [-0.1, -0.05) is 6.07 Å². The first-order chi connectivity index (χ1) is 14.6. The molecule has 0 radical (unpaired) electrons. The monoisotopic (exact) mass is 422 g/mol. The van der Waals surface area contributed by atoms with E-state index in [4.69, 9.17) is 18.9 Å². The number of nitrogens with one attached hydrogen (secondary N) is 2. The molecule has 1 aromatic rings. The van der Waals surface area contributed by atoms with Gasteiger partial charge in [0, 0.05) is 39.3 Å². The number of methoxy groups -OCH3 is 2. The average Bonchev–Trinajstić information content (AvgIpc) is 3.27. The first-order valence-corrected chi connectivity index (χ1v) is 10.6. The summed E-state index contributed by atoms with van der Waals surface area (Å²) in [5.74, 6) is 2.80. The summed E-state index contributed by atoms with van der Waals surface area (Å²) in [6.45, 7) is 4.76. The molecule has 1 aliphatic heterocycles. The average molecular weight is 423 g/mol. The van der Waals surface area contributed by atoms with Crippen molar-refractivity contribution in [1.82, 2.24) is 15.5 Å². The van der Waals surface area contributed by atoms with E-state index < -0.39 is 0 Å². The maximum atomic E-state index is 5.75. The van der Waals surface area contributed by atoms with Crippen LogP contribution in [0.15, 0.2) is 23.2 Å². The van der Waals surface area contributed by atoms with E-state index >= 15 is 0 Å². The predicted octanol–water partition coefficient (Wildman–Crippen LogP) is 1.91. The Hall–Kier alpha value is -2.03. The number of aliphatic imine (C=N–C) groups is 1. The van der Waals surface area contributed by atoms with E-state index in [1.807, 2.05) is 12.1 Å². The maximum absolute atomic E-state index is 5.75.